The number of hydrogen-bond donors (Lipinski definition) is 3. The molecule has 0 bridgehead atoms. The second-order valence-electron chi connectivity index (χ2n) is 9.63. The molecule has 0 radical (unpaired) electrons. The molecule has 0 unspecified atom stereocenters. The van der Waals surface area contributed by atoms with Crippen LogP contribution < -0.4 is 22.9 Å². The summed E-state index contributed by atoms with van der Waals surface area (Å²) in [7, 11) is 0. The van der Waals surface area contributed by atoms with Crippen molar-refractivity contribution < 1.29 is 18.4 Å². The maximum Gasteiger partial charge on any atom is 0.519 e. The summed E-state index contributed by atoms with van der Waals surface area (Å²) in [4.78, 5) is 29.6. The Morgan fingerprint density at radius 3 is 2.50 bits per heavy atom. The molecule has 11 heteroatoms. The van der Waals surface area contributed by atoms with Crippen molar-refractivity contribution in [1.29, 1.82) is 0 Å². The summed E-state index contributed by atoms with van der Waals surface area (Å²) in [6.07, 6.45) is 1.56. The number of hydrogen-bond acceptors (Lipinski definition) is 9. The number of imidazole rings is 1. The number of nitrogens with zero attached hydrogens (tertiary/aromatic N) is 3. The van der Waals surface area contributed by atoms with Crippen molar-refractivity contribution in [1.82, 2.24) is 15.1 Å². The third-order valence-corrected chi connectivity index (χ3v) is 6.45. The third-order valence-electron chi connectivity index (χ3n) is 6.45. The zero-order valence-electron chi connectivity index (χ0n) is 23.1. The van der Waals surface area contributed by atoms with Crippen molar-refractivity contribution in [3.8, 4) is 11.1 Å². The fraction of sp³-hybridized carbons (Fsp3) is 0.310. The van der Waals surface area contributed by atoms with E-state index in [0.717, 1.165) is 34.5 Å². The van der Waals surface area contributed by atoms with E-state index in [1.807, 2.05) is 66.9 Å². The monoisotopic (exact) mass is 546 g/mol. The average molecular weight is 547 g/mol. The molecule has 0 aliphatic rings. The highest BCUT2D eigenvalue weighted by atomic mass is 16.6. The minimum Gasteiger partial charge on any atom is -0.453 e. The molecular weight excluding hydrogens is 512 g/mol. The Morgan fingerprint density at radius 1 is 1.15 bits per heavy atom. The highest BCUT2D eigenvalue weighted by Crippen LogP contribution is 2.27. The van der Waals surface area contributed by atoms with Gasteiger partial charge in [-0.25, -0.2) is 26.0 Å². The van der Waals surface area contributed by atoms with Crippen LogP contribution >= 0.6 is 0 Å². The molecule has 0 atom stereocenters. The van der Waals surface area contributed by atoms with Gasteiger partial charge in [-0.1, -0.05) is 69.3 Å². The fourth-order valence-electron chi connectivity index (χ4n) is 4.49. The van der Waals surface area contributed by atoms with Gasteiger partial charge in [-0.3, -0.25) is 0 Å². The van der Waals surface area contributed by atoms with Crippen molar-refractivity contribution >= 4 is 11.8 Å². The van der Waals surface area contributed by atoms with Gasteiger partial charge in [-0.2, -0.15) is 0 Å². The highest BCUT2D eigenvalue weighted by Gasteiger charge is 2.26. The predicted molar refractivity (Wildman–Crippen MR) is 150 cm³/mol. The number of nitrogens with two attached hydrogens (primary N) is 2. The van der Waals surface area contributed by atoms with Gasteiger partial charge in [0.2, 0.25) is 0 Å². The lowest BCUT2D eigenvalue weighted by Gasteiger charge is -2.14. The number of aromatic nitrogens is 2. The summed E-state index contributed by atoms with van der Waals surface area (Å²) < 4.78 is 17.3. The molecule has 5 N–H and O–H groups in total. The lowest BCUT2D eigenvalue weighted by Crippen LogP contribution is -2.23. The van der Waals surface area contributed by atoms with Gasteiger partial charge in [-0.05, 0) is 36.0 Å². The Labute approximate surface area is 231 Å². The zero-order chi connectivity index (χ0) is 28.8. The maximum absolute atomic E-state index is 13.4. The van der Waals surface area contributed by atoms with Gasteiger partial charge in [0.05, 0.1) is 5.69 Å². The summed E-state index contributed by atoms with van der Waals surface area (Å²) in [6.45, 7) is 7.82. The number of carbonyl (C=O) groups is 1. The predicted octanol–water partition coefficient (Wildman–Crippen LogP) is 3.97. The summed E-state index contributed by atoms with van der Waals surface area (Å²) >= 11 is 0. The number of benzene rings is 2. The number of hydrazone groups is 1. The number of hydrazine groups is 1. The number of aryl methyl sites for hydroxylation is 2. The van der Waals surface area contributed by atoms with Crippen molar-refractivity contribution in [2.24, 2.45) is 16.7 Å². The van der Waals surface area contributed by atoms with E-state index in [1.54, 1.807) is 6.92 Å². The van der Waals surface area contributed by atoms with E-state index in [2.05, 4.69) is 17.6 Å². The Bertz CT molecular complexity index is 1560. The van der Waals surface area contributed by atoms with Crippen molar-refractivity contribution in [2.75, 3.05) is 0 Å². The topological polar surface area (TPSA) is 164 Å². The van der Waals surface area contributed by atoms with Crippen molar-refractivity contribution in [2.45, 2.75) is 59.6 Å². The van der Waals surface area contributed by atoms with E-state index < -0.39 is 11.8 Å². The van der Waals surface area contributed by atoms with Crippen LogP contribution in [0.3, 0.4) is 0 Å². The minimum atomic E-state index is -0.834. The van der Waals surface area contributed by atoms with E-state index in [4.69, 9.17) is 30.1 Å². The first-order chi connectivity index (χ1) is 19.2. The molecule has 0 amide bonds. The molecule has 0 aliphatic heterocycles. The van der Waals surface area contributed by atoms with Gasteiger partial charge in [0.25, 0.3) is 0 Å². The van der Waals surface area contributed by atoms with Crippen LogP contribution in [0.1, 0.15) is 77.8 Å². The molecule has 0 fully saturated rings. The summed E-state index contributed by atoms with van der Waals surface area (Å²) in [5.74, 6) is 5.45. The zero-order valence-corrected chi connectivity index (χ0v) is 23.1. The summed E-state index contributed by atoms with van der Waals surface area (Å²) in [5.41, 5.74) is 13.0. The second kappa shape index (κ2) is 12.5. The lowest BCUT2D eigenvalue weighted by molar-refractivity contribution is 0.0428. The first-order valence-electron chi connectivity index (χ1n) is 13.1. The normalized spacial score (nSPS) is 11.7. The van der Waals surface area contributed by atoms with Gasteiger partial charge in [0, 0.05) is 18.5 Å². The molecule has 4 aromatic rings. The summed E-state index contributed by atoms with van der Waals surface area (Å²) in [5, 5.41) is 3.91. The number of ether oxygens (including phenoxy) is 1. The van der Waals surface area contributed by atoms with Crippen molar-refractivity contribution in [3.63, 3.8) is 0 Å². The first kappa shape index (κ1) is 28.4. The first-order valence-corrected chi connectivity index (χ1v) is 13.1. The van der Waals surface area contributed by atoms with Gasteiger partial charge < -0.3 is 23.9 Å². The molecule has 40 heavy (non-hydrogen) atoms. The number of rotatable bonds is 11. The van der Waals surface area contributed by atoms with Crippen molar-refractivity contribution in [3.05, 3.63) is 99.0 Å². The molecule has 2 aromatic heterocycles. The van der Waals surface area contributed by atoms with E-state index in [9.17, 15) is 9.59 Å². The number of carbonyl (C=O) groups excluding carboxylic acids is 1. The van der Waals surface area contributed by atoms with E-state index in [-0.39, 0.29) is 29.9 Å². The second-order valence-corrected chi connectivity index (χ2v) is 9.63. The Hall–Kier alpha value is -4.64. The Kier molecular flexibility index (Phi) is 8.85. The highest BCUT2D eigenvalue weighted by molar-refractivity contribution is 6.03. The third kappa shape index (κ3) is 6.15. The van der Waals surface area contributed by atoms with Gasteiger partial charge in [-0.15, -0.1) is 5.10 Å². The van der Waals surface area contributed by atoms with E-state index >= 15 is 0 Å². The maximum atomic E-state index is 13.4. The number of nitrogens with one attached hydrogen (secondary N) is 1. The van der Waals surface area contributed by atoms with Crippen LogP contribution in [-0.2, 0) is 24.3 Å². The molecule has 2 heterocycles. The molecule has 2 aromatic carbocycles. The van der Waals surface area contributed by atoms with Gasteiger partial charge in [0.15, 0.2) is 29.7 Å². The summed E-state index contributed by atoms with van der Waals surface area (Å²) in [6, 6.07) is 15.7. The van der Waals surface area contributed by atoms with Crippen LogP contribution in [0.5, 0.6) is 0 Å². The van der Waals surface area contributed by atoms with Crippen LogP contribution in [0.25, 0.3) is 11.1 Å². The lowest BCUT2D eigenvalue weighted by atomic mass is 9.98. The molecule has 0 spiro atoms. The molecule has 0 saturated carbocycles. The van der Waals surface area contributed by atoms with Crippen LogP contribution in [0.4, 0.5) is 0 Å². The van der Waals surface area contributed by atoms with Gasteiger partial charge in [0.1, 0.15) is 5.82 Å². The standard InChI is InChI=1S/C29H34N6O5/c1-5-8-24-32-25(17(2)3)26(28(36)38-16-23-18(4)39-29(37)40-23)35(24)15-19-11-13-20(14-12-19)21-9-6-7-10-22(21)27(30)33-34-31/h6-7,9-14,17,34H,5,8,15-16,31H2,1-4H3,(H2,30,33). The minimum absolute atomic E-state index is 0.0120. The van der Waals surface area contributed by atoms with Crippen LogP contribution in [0.15, 0.2) is 67.3 Å². The SMILES string of the molecule is CCCc1nc(C(C)C)c(C(=O)OCc2oc(=O)oc2C)n1Cc1ccc(-c2ccccc2/C(N)=N/NN)cc1. The van der Waals surface area contributed by atoms with Crippen LogP contribution in [0.2, 0.25) is 0 Å². The fourth-order valence-corrected chi connectivity index (χ4v) is 4.49. The number of esters is 1. The molecule has 4 rings (SSSR count). The number of amidine groups is 1. The Balaban J connectivity index is 1.66. The Morgan fingerprint density at radius 2 is 1.88 bits per heavy atom. The molecule has 0 aliphatic carbocycles. The van der Waals surface area contributed by atoms with E-state index in [0.29, 0.717) is 24.4 Å². The van der Waals surface area contributed by atoms with Crippen LogP contribution in [0, 0.1) is 6.92 Å². The molecular formula is C29H34N6O5. The van der Waals surface area contributed by atoms with E-state index in [1.165, 1.54) is 0 Å². The molecule has 0 saturated heterocycles. The smallest absolute Gasteiger partial charge is 0.453 e. The molecule has 11 nitrogen and oxygen atoms in total. The average Bonchev–Trinajstić information content (AvgIpc) is 3.46. The molecule has 210 valence electrons. The van der Waals surface area contributed by atoms with Gasteiger partial charge >= 0.3 is 11.8 Å². The van der Waals surface area contributed by atoms with Crippen LogP contribution in [-0.4, -0.2) is 21.4 Å². The largest absolute Gasteiger partial charge is 0.519 e. The quantitative estimate of drug-likeness (QED) is 0.0830.